The van der Waals surface area contributed by atoms with Gasteiger partial charge in [-0.25, -0.2) is 4.98 Å². The van der Waals surface area contributed by atoms with Crippen molar-refractivity contribution in [2.24, 2.45) is 5.73 Å². The number of nitrogens with zero attached hydrogens (tertiary/aromatic N) is 2. The van der Waals surface area contributed by atoms with Gasteiger partial charge in [-0.15, -0.1) is 0 Å². The van der Waals surface area contributed by atoms with E-state index < -0.39 is 0 Å². The maximum absolute atomic E-state index is 6.40. The average molecular weight is 243 g/mol. The summed E-state index contributed by atoms with van der Waals surface area (Å²) in [5, 5.41) is 0. The smallest absolute Gasteiger partial charge is 0.119 e. The fourth-order valence-electron chi connectivity index (χ4n) is 2.73. The number of nitrogens with two attached hydrogens (primary N) is 1. The molecule has 0 amide bonds. The molecule has 4 nitrogen and oxygen atoms in total. The molecule has 1 aliphatic rings. The van der Waals surface area contributed by atoms with Gasteiger partial charge in [-0.3, -0.25) is 0 Å². The molecule has 0 bridgehead atoms. The third kappa shape index (κ3) is 1.78. The first kappa shape index (κ1) is 11.3. The number of hydrogen-bond acceptors (Lipinski definition) is 3. The van der Waals surface area contributed by atoms with E-state index in [2.05, 4.69) is 21.7 Å². The highest BCUT2D eigenvalue weighted by atomic mass is 16.5. The van der Waals surface area contributed by atoms with E-state index in [-0.39, 0.29) is 12.1 Å². The number of aryl methyl sites for hydroxylation is 1. The second-order valence-corrected chi connectivity index (χ2v) is 4.71. The van der Waals surface area contributed by atoms with E-state index in [0.717, 1.165) is 18.6 Å². The summed E-state index contributed by atoms with van der Waals surface area (Å²) < 4.78 is 7.38. The molecule has 1 aromatic carbocycles. The summed E-state index contributed by atoms with van der Waals surface area (Å²) >= 11 is 0. The van der Waals surface area contributed by atoms with Crippen LogP contribution in [0.4, 0.5) is 0 Å². The number of rotatable bonds is 2. The van der Waals surface area contributed by atoms with Crippen molar-refractivity contribution < 1.29 is 4.74 Å². The molecule has 2 unspecified atom stereocenters. The molecule has 2 aromatic rings. The van der Waals surface area contributed by atoms with Crippen LogP contribution in [0.15, 0.2) is 36.9 Å². The van der Waals surface area contributed by atoms with Gasteiger partial charge in [-0.05, 0) is 36.1 Å². The SMILES string of the molecule is COc1ccc2c(c1)C(N)C(n1ccnc1)CC2. The standard InChI is InChI=1S/C14H17N3O/c1-18-11-4-2-10-3-5-13(14(15)12(10)8-11)17-7-6-16-9-17/h2,4,6-9,13-14H,3,5,15H2,1H3. The third-order valence-electron chi connectivity index (χ3n) is 3.74. The van der Waals surface area contributed by atoms with E-state index in [0.29, 0.717) is 0 Å². The highest BCUT2D eigenvalue weighted by Crippen LogP contribution is 2.37. The summed E-state index contributed by atoms with van der Waals surface area (Å²) in [5.74, 6) is 0.871. The average Bonchev–Trinajstić information content (AvgIpc) is 2.93. The first-order chi connectivity index (χ1) is 8.79. The van der Waals surface area contributed by atoms with Gasteiger partial charge in [-0.2, -0.15) is 0 Å². The number of hydrogen-bond donors (Lipinski definition) is 1. The molecule has 4 heteroatoms. The molecule has 2 N–H and O–H groups in total. The Labute approximate surface area is 106 Å². The van der Waals surface area contributed by atoms with Gasteiger partial charge in [0.1, 0.15) is 5.75 Å². The molecule has 1 heterocycles. The number of fused-ring (bicyclic) bond motifs is 1. The highest BCUT2D eigenvalue weighted by molar-refractivity contribution is 5.39. The minimum Gasteiger partial charge on any atom is -0.497 e. The molecule has 94 valence electrons. The van der Waals surface area contributed by atoms with Crippen LogP contribution in [0.25, 0.3) is 0 Å². The molecule has 0 radical (unpaired) electrons. The van der Waals surface area contributed by atoms with Crippen molar-refractivity contribution in [2.75, 3.05) is 7.11 Å². The van der Waals surface area contributed by atoms with Crippen LogP contribution >= 0.6 is 0 Å². The van der Waals surface area contributed by atoms with Gasteiger partial charge in [0.25, 0.3) is 0 Å². The zero-order valence-electron chi connectivity index (χ0n) is 10.4. The summed E-state index contributed by atoms with van der Waals surface area (Å²) in [6.07, 6.45) is 7.73. The predicted octanol–water partition coefficient (Wildman–Crippen LogP) is 2.08. The van der Waals surface area contributed by atoms with Crippen LogP contribution in [0.2, 0.25) is 0 Å². The van der Waals surface area contributed by atoms with Crippen LogP contribution in [0.3, 0.4) is 0 Å². The topological polar surface area (TPSA) is 53.1 Å². The van der Waals surface area contributed by atoms with E-state index in [9.17, 15) is 0 Å². The van der Waals surface area contributed by atoms with Gasteiger partial charge in [-0.1, -0.05) is 6.07 Å². The summed E-state index contributed by atoms with van der Waals surface area (Å²) in [6, 6.07) is 6.47. The van der Waals surface area contributed by atoms with Crippen molar-refractivity contribution in [1.29, 1.82) is 0 Å². The van der Waals surface area contributed by atoms with Crippen LogP contribution in [0, 0.1) is 0 Å². The molecule has 2 atom stereocenters. The molecule has 1 aliphatic carbocycles. The molecule has 0 aliphatic heterocycles. The van der Waals surface area contributed by atoms with Crippen LogP contribution in [-0.2, 0) is 6.42 Å². The van der Waals surface area contributed by atoms with Gasteiger partial charge < -0.3 is 15.0 Å². The van der Waals surface area contributed by atoms with E-state index in [1.165, 1.54) is 11.1 Å². The molecular formula is C14H17N3O. The Morgan fingerprint density at radius 3 is 3.06 bits per heavy atom. The van der Waals surface area contributed by atoms with Crippen molar-refractivity contribution in [3.63, 3.8) is 0 Å². The Kier molecular flexibility index (Phi) is 2.80. The lowest BCUT2D eigenvalue weighted by atomic mass is 9.84. The van der Waals surface area contributed by atoms with E-state index in [4.69, 9.17) is 10.5 Å². The first-order valence-corrected chi connectivity index (χ1v) is 6.19. The summed E-state index contributed by atoms with van der Waals surface area (Å²) in [7, 11) is 1.68. The molecule has 3 rings (SSSR count). The number of aromatic nitrogens is 2. The second-order valence-electron chi connectivity index (χ2n) is 4.71. The summed E-state index contributed by atoms with van der Waals surface area (Å²) in [6.45, 7) is 0. The lowest BCUT2D eigenvalue weighted by molar-refractivity contribution is 0.366. The molecule has 0 saturated carbocycles. The Hall–Kier alpha value is -1.81. The first-order valence-electron chi connectivity index (χ1n) is 6.19. The van der Waals surface area contributed by atoms with Gasteiger partial charge in [0, 0.05) is 12.4 Å². The Morgan fingerprint density at radius 2 is 2.33 bits per heavy atom. The Balaban J connectivity index is 1.97. The van der Waals surface area contributed by atoms with Gasteiger partial charge >= 0.3 is 0 Å². The van der Waals surface area contributed by atoms with Gasteiger partial charge in [0.2, 0.25) is 0 Å². The van der Waals surface area contributed by atoms with Gasteiger partial charge in [0.15, 0.2) is 0 Å². The lowest BCUT2D eigenvalue weighted by Crippen LogP contribution is -2.29. The third-order valence-corrected chi connectivity index (χ3v) is 3.74. The lowest BCUT2D eigenvalue weighted by Gasteiger charge is -2.32. The van der Waals surface area contributed by atoms with Crippen molar-refractivity contribution >= 4 is 0 Å². The fraction of sp³-hybridized carbons (Fsp3) is 0.357. The number of methoxy groups -OCH3 is 1. The maximum Gasteiger partial charge on any atom is 0.119 e. The Morgan fingerprint density at radius 1 is 1.44 bits per heavy atom. The minimum atomic E-state index is -0.00181. The summed E-state index contributed by atoms with van der Waals surface area (Å²) in [4.78, 5) is 4.10. The molecule has 0 saturated heterocycles. The Bertz CT molecular complexity index is 536. The number of imidazole rings is 1. The maximum atomic E-state index is 6.40. The van der Waals surface area contributed by atoms with E-state index in [1.54, 1.807) is 13.3 Å². The van der Waals surface area contributed by atoms with Crippen molar-refractivity contribution in [3.05, 3.63) is 48.0 Å². The zero-order chi connectivity index (χ0) is 12.5. The van der Waals surface area contributed by atoms with Crippen molar-refractivity contribution in [3.8, 4) is 5.75 Å². The van der Waals surface area contributed by atoms with Crippen LogP contribution in [-0.4, -0.2) is 16.7 Å². The monoisotopic (exact) mass is 243 g/mol. The second kappa shape index (κ2) is 4.46. The highest BCUT2D eigenvalue weighted by Gasteiger charge is 2.27. The van der Waals surface area contributed by atoms with E-state index >= 15 is 0 Å². The molecule has 0 fully saturated rings. The van der Waals surface area contributed by atoms with Crippen LogP contribution in [0.5, 0.6) is 5.75 Å². The molecule has 1 aromatic heterocycles. The summed E-state index contributed by atoms with van der Waals surface area (Å²) in [5.41, 5.74) is 8.93. The molecule has 18 heavy (non-hydrogen) atoms. The largest absolute Gasteiger partial charge is 0.497 e. The zero-order valence-corrected chi connectivity index (χ0v) is 10.4. The predicted molar refractivity (Wildman–Crippen MR) is 69.5 cm³/mol. The normalized spacial score (nSPS) is 22.6. The molecule has 0 spiro atoms. The number of ether oxygens (including phenoxy) is 1. The quantitative estimate of drug-likeness (QED) is 0.878. The molecular weight excluding hydrogens is 226 g/mol. The minimum absolute atomic E-state index is 0.00181. The number of benzene rings is 1. The van der Waals surface area contributed by atoms with Crippen LogP contribution in [0.1, 0.15) is 29.6 Å². The van der Waals surface area contributed by atoms with Crippen molar-refractivity contribution in [2.45, 2.75) is 24.9 Å². The van der Waals surface area contributed by atoms with E-state index in [1.807, 2.05) is 18.6 Å². The van der Waals surface area contributed by atoms with Crippen LogP contribution < -0.4 is 10.5 Å². The fourth-order valence-corrected chi connectivity index (χ4v) is 2.73. The van der Waals surface area contributed by atoms with Crippen molar-refractivity contribution in [1.82, 2.24) is 9.55 Å². The van der Waals surface area contributed by atoms with Gasteiger partial charge in [0.05, 0.1) is 25.5 Å².